The largest absolute Gasteiger partial charge is 0.404 e. The van der Waals surface area contributed by atoms with Crippen molar-refractivity contribution in [3.05, 3.63) is 35.4 Å². The first-order chi connectivity index (χ1) is 7.66. The van der Waals surface area contributed by atoms with Crippen molar-refractivity contribution in [3.8, 4) is 0 Å². The summed E-state index contributed by atoms with van der Waals surface area (Å²) >= 11 is 3.05. The SMILES string of the molecule is FC(F)(F)C(c1ccc(CBr)cc1)C(F)(F)F. The van der Waals surface area contributed by atoms with E-state index in [0.29, 0.717) is 10.9 Å². The number of hydrogen-bond acceptors (Lipinski definition) is 0. The Hall–Kier alpha value is -0.720. The smallest absolute Gasteiger partial charge is 0.170 e. The van der Waals surface area contributed by atoms with Gasteiger partial charge in [-0.2, -0.15) is 26.3 Å². The highest BCUT2D eigenvalue weighted by Gasteiger charge is 2.57. The molecule has 0 aliphatic heterocycles. The molecule has 0 heterocycles. The molecule has 0 saturated carbocycles. The minimum Gasteiger partial charge on any atom is -0.170 e. The van der Waals surface area contributed by atoms with Crippen molar-refractivity contribution in [2.45, 2.75) is 23.6 Å². The van der Waals surface area contributed by atoms with Crippen LogP contribution in [0.3, 0.4) is 0 Å². The Morgan fingerprint density at radius 2 is 1.29 bits per heavy atom. The Bertz CT molecular complexity index is 350. The third-order valence-corrected chi connectivity index (χ3v) is 2.77. The molecule has 7 heteroatoms. The molecule has 0 fully saturated rings. The molecule has 0 saturated heterocycles. The molecule has 1 aromatic rings. The lowest BCUT2D eigenvalue weighted by Crippen LogP contribution is -2.34. The van der Waals surface area contributed by atoms with Gasteiger partial charge in [-0.05, 0) is 11.1 Å². The van der Waals surface area contributed by atoms with Crippen molar-refractivity contribution in [1.29, 1.82) is 0 Å². The molecule has 0 aromatic heterocycles. The van der Waals surface area contributed by atoms with E-state index in [1.807, 2.05) is 0 Å². The predicted octanol–water partition coefficient (Wildman–Crippen LogP) is 4.79. The monoisotopic (exact) mass is 320 g/mol. The third-order valence-electron chi connectivity index (χ3n) is 2.12. The second-order valence-corrected chi connectivity index (χ2v) is 3.95. The van der Waals surface area contributed by atoms with Crippen molar-refractivity contribution in [1.82, 2.24) is 0 Å². The fraction of sp³-hybridized carbons (Fsp3) is 0.400. The van der Waals surface area contributed by atoms with Crippen LogP contribution in [0.4, 0.5) is 26.3 Å². The van der Waals surface area contributed by atoms with Crippen LogP contribution < -0.4 is 0 Å². The maximum absolute atomic E-state index is 12.4. The summed E-state index contributed by atoms with van der Waals surface area (Å²) in [5.74, 6) is -3.43. The summed E-state index contributed by atoms with van der Waals surface area (Å²) in [5.41, 5.74) is -0.188. The van der Waals surface area contributed by atoms with Crippen molar-refractivity contribution in [2.24, 2.45) is 0 Å². The fourth-order valence-corrected chi connectivity index (χ4v) is 1.74. The number of halogens is 7. The Morgan fingerprint density at radius 3 is 1.59 bits per heavy atom. The molecule has 0 bridgehead atoms. The summed E-state index contributed by atoms with van der Waals surface area (Å²) in [7, 11) is 0. The summed E-state index contributed by atoms with van der Waals surface area (Å²) in [6.07, 6.45) is -10.7. The van der Waals surface area contributed by atoms with E-state index >= 15 is 0 Å². The standard InChI is InChI=1S/C10H7BrF6/c11-5-6-1-3-7(4-2-6)8(9(12,13)14)10(15,16)17/h1-4,8H,5H2. The van der Waals surface area contributed by atoms with Crippen LogP contribution in [-0.4, -0.2) is 12.4 Å². The van der Waals surface area contributed by atoms with Crippen LogP contribution >= 0.6 is 15.9 Å². The van der Waals surface area contributed by atoms with Crippen LogP contribution in [0.5, 0.6) is 0 Å². The van der Waals surface area contributed by atoms with E-state index in [1.54, 1.807) is 0 Å². The van der Waals surface area contributed by atoms with Crippen LogP contribution in [0.15, 0.2) is 24.3 Å². The summed E-state index contributed by atoms with van der Waals surface area (Å²) in [6, 6.07) is 4.16. The predicted molar refractivity (Wildman–Crippen MR) is 53.9 cm³/mol. The maximum Gasteiger partial charge on any atom is 0.404 e. The quantitative estimate of drug-likeness (QED) is 0.543. The van der Waals surface area contributed by atoms with Crippen molar-refractivity contribution in [3.63, 3.8) is 0 Å². The van der Waals surface area contributed by atoms with Crippen molar-refractivity contribution >= 4 is 15.9 Å². The molecule has 0 atom stereocenters. The van der Waals surface area contributed by atoms with Gasteiger partial charge in [-0.1, -0.05) is 40.2 Å². The van der Waals surface area contributed by atoms with Crippen molar-refractivity contribution in [2.75, 3.05) is 0 Å². The van der Waals surface area contributed by atoms with Gasteiger partial charge < -0.3 is 0 Å². The maximum atomic E-state index is 12.4. The number of benzene rings is 1. The van der Waals surface area contributed by atoms with Crippen molar-refractivity contribution < 1.29 is 26.3 Å². The second kappa shape index (κ2) is 4.88. The van der Waals surface area contributed by atoms with Crippen LogP contribution in [0, 0.1) is 0 Å². The van der Waals surface area contributed by atoms with Crippen LogP contribution in [0.25, 0.3) is 0 Å². The number of hydrogen-bond donors (Lipinski definition) is 0. The molecule has 0 nitrogen and oxygen atoms in total. The molecule has 0 aliphatic rings. The normalized spacial score (nSPS) is 13.2. The van der Waals surface area contributed by atoms with Gasteiger partial charge in [0, 0.05) is 5.33 Å². The Labute approximate surface area is 102 Å². The summed E-state index contributed by atoms with van der Waals surface area (Å²) in [6.45, 7) is 0. The zero-order chi connectivity index (χ0) is 13.3. The Morgan fingerprint density at radius 1 is 0.882 bits per heavy atom. The molecule has 17 heavy (non-hydrogen) atoms. The van der Waals surface area contributed by atoms with Gasteiger partial charge in [0.05, 0.1) is 0 Å². The minimum atomic E-state index is -5.34. The third kappa shape index (κ3) is 3.62. The number of rotatable bonds is 2. The Kier molecular flexibility index (Phi) is 4.11. The molecule has 0 radical (unpaired) electrons. The molecule has 1 rings (SSSR count). The van der Waals surface area contributed by atoms with Gasteiger partial charge in [-0.15, -0.1) is 0 Å². The molecule has 96 valence electrons. The first-order valence-corrected chi connectivity index (χ1v) is 5.56. The lowest BCUT2D eigenvalue weighted by molar-refractivity contribution is -0.253. The van der Waals surface area contributed by atoms with Gasteiger partial charge in [0.2, 0.25) is 0 Å². The van der Waals surface area contributed by atoms with E-state index < -0.39 is 23.8 Å². The lowest BCUT2D eigenvalue weighted by Gasteiger charge is -2.23. The molecule has 0 unspecified atom stereocenters. The molecule has 0 N–H and O–H groups in total. The van der Waals surface area contributed by atoms with Gasteiger partial charge in [-0.25, -0.2) is 0 Å². The second-order valence-electron chi connectivity index (χ2n) is 3.39. The van der Waals surface area contributed by atoms with Crippen LogP contribution in [0.1, 0.15) is 17.0 Å². The average Bonchev–Trinajstić information content (AvgIpc) is 2.14. The zero-order valence-electron chi connectivity index (χ0n) is 8.24. The summed E-state index contributed by atoms with van der Waals surface area (Å²) in [5, 5.41) is 0.371. The molecule has 0 aliphatic carbocycles. The minimum absolute atomic E-state index is 0.371. The van der Waals surface area contributed by atoms with E-state index in [1.165, 1.54) is 12.1 Å². The van der Waals surface area contributed by atoms with Gasteiger partial charge in [-0.3, -0.25) is 0 Å². The van der Waals surface area contributed by atoms with E-state index in [-0.39, 0.29) is 0 Å². The Balaban J connectivity index is 3.14. The highest BCUT2D eigenvalue weighted by Crippen LogP contribution is 2.46. The average molecular weight is 321 g/mol. The summed E-state index contributed by atoms with van der Waals surface area (Å²) in [4.78, 5) is 0. The van der Waals surface area contributed by atoms with Gasteiger partial charge in [0.15, 0.2) is 5.92 Å². The molecular formula is C10H7BrF6. The molecular weight excluding hydrogens is 314 g/mol. The van der Waals surface area contributed by atoms with E-state index in [9.17, 15) is 26.3 Å². The fourth-order valence-electron chi connectivity index (χ4n) is 1.36. The molecule has 0 amide bonds. The van der Waals surface area contributed by atoms with Gasteiger partial charge >= 0.3 is 12.4 Å². The van der Waals surface area contributed by atoms with Crippen LogP contribution in [0.2, 0.25) is 0 Å². The topological polar surface area (TPSA) is 0 Å². The van der Waals surface area contributed by atoms with Crippen LogP contribution in [-0.2, 0) is 5.33 Å². The van der Waals surface area contributed by atoms with E-state index in [4.69, 9.17) is 0 Å². The summed E-state index contributed by atoms with van der Waals surface area (Å²) < 4.78 is 74.1. The van der Waals surface area contributed by atoms with Gasteiger partial charge in [0.25, 0.3) is 0 Å². The highest BCUT2D eigenvalue weighted by atomic mass is 79.9. The van der Waals surface area contributed by atoms with E-state index in [0.717, 1.165) is 12.1 Å². The first kappa shape index (κ1) is 14.3. The van der Waals surface area contributed by atoms with E-state index in [2.05, 4.69) is 15.9 Å². The molecule has 0 spiro atoms. The lowest BCUT2D eigenvalue weighted by atomic mass is 9.97. The first-order valence-electron chi connectivity index (χ1n) is 4.44. The number of alkyl halides is 7. The molecule has 1 aromatic carbocycles. The van der Waals surface area contributed by atoms with Gasteiger partial charge in [0.1, 0.15) is 0 Å². The zero-order valence-corrected chi connectivity index (χ0v) is 9.83. The highest BCUT2D eigenvalue weighted by molar-refractivity contribution is 9.08.